The number of aromatic amines is 1. The molecule has 0 aliphatic heterocycles. The first-order valence-corrected chi connectivity index (χ1v) is 8.20. The monoisotopic (exact) mass is 362 g/mol. The SMILES string of the molecule is COc1cc2c(CCNC=O)c(-c3ccc(Cl)cc3)[nH]c2cc1Cl. The fourth-order valence-electron chi connectivity index (χ4n) is 2.79. The van der Waals surface area contributed by atoms with Crippen LogP contribution in [0, 0.1) is 0 Å². The van der Waals surface area contributed by atoms with E-state index in [0.29, 0.717) is 35.2 Å². The highest BCUT2D eigenvalue weighted by Gasteiger charge is 2.15. The number of carbonyl (C=O) groups excluding carboxylic acids is 1. The van der Waals surface area contributed by atoms with E-state index in [1.165, 1.54) is 0 Å². The Morgan fingerprint density at radius 2 is 1.96 bits per heavy atom. The molecule has 0 spiro atoms. The Labute approximate surface area is 149 Å². The van der Waals surface area contributed by atoms with Crippen LogP contribution in [0.3, 0.4) is 0 Å². The van der Waals surface area contributed by atoms with Gasteiger partial charge in [-0.1, -0.05) is 35.3 Å². The fraction of sp³-hybridized carbons (Fsp3) is 0.167. The Hall–Kier alpha value is -2.17. The van der Waals surface area contributed by atoms with Crippen molar-refractivity contribution in [2.75, 3.05) is 13.7 Å². The molecule has 0 saturated carbocycles. The normalized spacial score (nSPS) is 10.8. The van der Waals surface area contributed by atoms with Crippen molar-refractivity contribution in [1.82, 2.24) is 10.3 Å². The number of carbonyl (C=O) groups is 1. The Morgan fingerprint density at radius 3 is 2.62 bits per heavy atom. The van der Waals surface area contributed by atoms with E-state index in [1.54, 1.807) is 7.11 Å². The van der Waals surface area contributed by atoms with Gasteiger partial charge in [0.1, 0.15) is 5.75 Å². The van der Waals surface area contributed by atoms with Crippen molar-refractivity contribution in [2.24, 2.45) is 0 Å². The van der Waals surface area contributed by atoms with E-state index in [0.717, 1.165) is 27.7 Å². The highest BCUT2D eigenvalue weighted by atomic mass is 35.5. The second-order valence-electron chi connectivity index (χ2n) is 5.34. The fourth-order valence-corrected chi connectivity index (χ4v) is 3.15. The van der Waals surface area contributed by atoms with Crippen LogP contribution in [0.5, 0.6) is 5.75 Å². The van der Waals surface area contributed by atoms with Gasteiger partial charge < -0.3 is 15.0 Å². The van der Waals surface area contributed by atoms with Crippen LogP contribution in [0.1, 0.15) is 5.56 Å². The van der Waals surface area contributed by atoms with Gasteiger partial charge in [0, 0.05) is 28.2 Å². The molecule has 24 heavy (non-hydrogen) atoms. The minimum atomic E-state index is 0.544. The summed E-state index contributed by atoms with van der Waals surface area (Å²) in [4.78, 5) is 14.0. The van der Waals surface area contributed by atoms with Crippen LogP contribution in [0.25, 0.3) is 22.2 Å². The third kappa shape index (κ3) is 3.21. The third-order valence-corrected chi connectivity index (χ3v) is 4.46. The topological polar surface area (TPSA) is 54.1 Å². The summed E-state index contributed by atoms with van der Waals surface area (Å²) < 4.78 is 5.33. The molecule has 2 aromatic carbocycles. The number of amides is 1. The number of hydrogen-bond acceptors (Lipinski definition) is 2. The first-order valence-electron chi connectivity index (χ1n) is 7.45. The summed E-state index contributed by atoms with van der Waals surface area (Å²) in [5.74, 6) is 0.621. The van der Waals surface area contributed by atoms with Gasteiger partial charge >= 0.3 is 0 Å². The molecule has 0 saturated heterocycles. The molecule has 0 fully saturated rings. The van der Waals surface area contributed by atoms with Gasteiger partial charge in [-0.05, 0) is 41.8 Å². The smallest absolute Gasteiger partial charge is 0.207 e. The molecule has 1 aromatic heterocycles. The quantitative estimate of drug-likeness (QED) is 0.503. The van der Waals surface area contributed by atoms with Crippen molar-refractivity contribution < 1.29 is 9.53 Å². The summed E-state index contributed by atoms with van der Waals surface area (Å²) in [6.07, 6.45) is 1.38. The van der Waals surface area contributed by atoms with Gasteiger partial charge in [-0.2, -0.15) is 0 Å². The van der Waals surface area contributed by atoms with Crippen molar-refractivity contribution >= 4 is 40.5 Å². The molecular formula is C18H16Cl2N2O2. The zero-order valence-corrected chi connectivity index (χ0v) is 14.5. The van der Waals surface area contributed by atoms with E-state index < -0.39 is 0 Å². The predicted molar refractivity (Wildman–Crippen MR) is 98.1 cm³/mol. The van der Waals surface area contributed by atoms with Gasteiger partial charge in [0.15, 0.2) is 0 Å². The first kappa shape index (κ1) is 16.7. The van der Waals surface area contributed by atoms with Gasteiger partial charge in [0.2, 0.25) is 6.41 Å². The number of methoxy groups -OCH3 is 1. The molecule has 0 radical (unpaired) electrons. The average Bonchev–Trinajstić information content (AvgIpc) is 2.92. The standard InChI is InChI=1S/C18H16Cl2N2O2/c1-24-17-8-14-13(6-7-21-10-23)18(22-16(14)9-15(17)20)11-2-4-12(19)5-3-11/h2-5,8-10,22H,6-7H2,1H3,(H,21,23). The van der Waals surface area contributed by atoms with E-state index in [-0.39, 0.29) is 0 Å². The van der Waals surface area contributed by atoms with Gasteiger partial charge in [-0.3, -0.25) is 4.79 Å². The van der Waals surface area contributed by atoms with E-state index >= 15 is 0 Å². The van der Waals surface area contributed by atoms with Crippen LogP contribution < -0.4 is 10.1 Å². The largest absolute Gasteiger partial charge is 0.495 e. The summed E-state index contributed by atoms with van der Waals surface area (Å²) in [6, 6.07) is 11.4. The number of aromatic nitrogens is 1. The summed E-state index contributed by atoms with van der Waals surface area (Å²) in [5, 5.41) is 4.96. The summed E-state index contributed by atoms with van der Waals surface area (Å²) in [6.45, 7) is 0.544. The molecule has 1 amide bonds. The molecule has 3 rings (SSSR count). The molecular weight excluding hydrogens is 347 g/mol. The zero-order chi connectivity index (χ0) is 17.1. The van der Waals surface area contributed by atoms with Crippen molar-refractivity contribution in [3.05, 3.63) is 52.0 Å². The van der Waals surface area contributed by atoms with Crippen LogP contribution in [0.4, 0.5) is 0 Å². The van der Waals surface area contributed by atoms with E-state index in [2.05, 4.69) is 10.3 Å². The van der Waals surface area contributed by atoms with E-state index in [1.807, 2.05) is 36.4 Å². The maximum Gasteiger partial charge on any atom is 0.207 e. The molecule has 6 heteroatoms. The van der Waals surface area contributed by atoms with Crippen molar-refractivity contribution in [3.63, 3.8) is 0 Å². The Morgan fingerprint density at radius 1 is 1.21 bits per heavy atom. The van der Waals surface area contributed by atoms with E-state index in [4.69, 9.17) is 27.9 Å². The van der Waals surface area contributed by atoms with Crippen LogP contribution >= 0.6 is 23.2 Å². The van der Waals surface area contributed by atoms with Gasteiger partial charge in [-0.25, -0.2) is 0 Å². The Balaban J connectivity index is 2.16. The van der Waals surface area contributed by atoms with E-state index in [9.17, 15) is 4.79 Å². The number of hydrogen-bond donors (Lipinski definition) is 2. The number of H-pyrrole nitrogens is 1. The third-order valence-electron chi connectivity index (χ3n) is 3.91. The van der Waals surface area contributed by atoms with Crippen molar-refractivity contribution in [1.29, 1.82) is 0 Å². The highest BCUT2D eigenvalue weighted by Crippen LogP contribution is 2.36. The minimum Gasteiger partial charge on any atom is -0.495 e. The lowest BCUT2D eigenvalue weighted by molar-refractivity contribution is -0.109. The molecule has 1 heterocycles. The van der Waals surface area contributed by atoms with Crippen LogP contribution in [0.2, 0.25) is 10.0 Å². The summed E-state index contributed by atoms with van der Waals surface area (Å²) in [5.41, 5.74) is 4.02. The molecule has 0 bridgehead atoms. The van der Waals surface area contributed by atoms with Crippen molar-refractivity contribution in [2.45, 2.75) is 6.42 Å². The lowest BCUT2D eigenvalue weighted by atomic mass is 10.0. The average molecular weight is 363 g/mol. The highest BCUT2D eigenvalue weighted by molar-refractivity contribution is 6.33. The molecule has 0 unspecified atom stereocenters. The summed E-state index contributed by atoms with van der Waals surface area (Å²) >= 11 is 12.2. The van der Waals surface area contributed by atoms with Crippen LogP contribution in [-0.2, 0) is 11.2 Å². The predicted octanol–water partition coefficient (Wildman–Crippen LogP) is 4.44. The number of benzene rings is 2. The molecule has 124 valence electrons. The molecule has 0 atom stereocenters. The number of fused-ring (bicyclic) bond motifs is 1. The van der Waals surface area contributed by atoms with Gasteiger partial charge in [0.05, 0.1) is 12.1 Å². The summed E-state index contributed by atoms with van der Waals surface area (Å²) in [7, 11) is 1.59. The Bertz CT molecular complexity index is 873. The van der Waals surface area contributed by atoms with Gasteiger partial charge in [-0.15, -0.1) is 0 Å². The molecule has 2 N–H and O–H groups in total. The number of nitrogens with one attached hydrogen (secondary N) is 2. The molecule has 3 aromatic rings. The number of ether oxygens (including phenoxy) is 1. The molecule has 0 aliphatic carbocycles. The maximum atomic E-state index is 10.6. The molecule has 4 nitrogen and oxygen atoms in total. The van der Waals surface area contributed by atoms with Crippen molar-refractivity contribution in [3.8, 4) is 17.0 Å². The van der Waals surface area contributed by atoms with Gasteiger partial charge in [0.25, 0.3) is 0 Å². The lowest BCUT2D eigenvalue weighted by Gasteiger charge is -2.06. The van der Waals surface area contributed by atoms with Crippen LogP contribution in [-0.4, -0.2) is 25.0 Å². The second-order valence-corrected chi connectivity index (χ2v) is 6.18. The second kappa shape index (κ2) is 7.16. The Kier molecular flexibility index (Phi) is 4.97. The van der Waals surface area contributed by atoms with Crippen LogP contribution in [0.15, 0.2) is 36.4 Å². The lowest BCUT2D eigenvalue weighted by Crippen LogP contribution is -2.14. The first-order chi connectivity index (χ1) is 11.6. The maximum absolute atomic E-state index is 10.6. The number of halogens is 2. The molecule has 0 aliphatic rings. The zero-order valence-electron chi connectivity index (χ0n) is 13.0. The number of rotatable bonds is 6. The minimum absolute atomic E-state index is 0.544.